The summed E-state index contributed by atoms with van der Waals surface area (Å²) in [6.45, 7) is 2.26. The summed E-state index contributed by atoms with van der Waals surface area (Å²) in [5, 5.41) is 8.51. The minimum Gasteiger partial charge on any atom is -0.481 e. The first-order chi connectivity index (χ1) is 9.77. The molecule has 0 aliphatic heterocycles. The van der Waals surface area contributed by atoms with E-state index in [1.165, 1.54) is 70.6 Å². The zero-order valence-electron chi connectivity index (χ0n) is 14.9. The number of allylic oxidation sites excluding steroid dienone is 2. The van der Waals surface area contributed by atoms with Crippen LogP contribution in [0.25, 0.3) is 0 Å². The average Bonchev–Trinajstić information content (AvgIpc) is 2.43. The summed E-state index contributed by atoms with van der Waals surface area (Å²) in [7, 11) is 0. The van der Waals surface area contributed by atoms with Crippen LogP contribution in [0.5, 0.6) is 0 Å². The molecule has 0 aromatic carbocycles. The van der Waals surface area contributed by atoms with Gasteiger partial charge < -0.3 is 5.11 Å². The minimum absolute atomic E-state index is 0. The maximum Gasteiger partial charge on any atom is 0.303 e. The van der Waals surface area contributed by atoms with Crippen LogP contribution in [0.3, 0.4) is 0 Å². The Labute approximate surface area is 170 Å². The molecule has 2 nitrogen and oxygen atoms in total. The van der Waals surface area contributed by atoms with Crippen LogP contribution >= 0.6 is 0 Å². The van der Waals surface area contributed by atoms with Gasteiger partial charge in [0, 0.05) is 52.6 Å². The molecule has 1 N–H and O–H groups in total. The molecule has 0 heterocycles. The van der Waals surface area contributed by atoms with E-state index in [1.54, 1.807) is 0 Å². The van der Waals surface area contributed by atoms with E-state index < -0.39 is 5.97 Å². The van der Waals surface area contributed by atoms with Crippen molar-refractivity contribution in [1.82, 2.24) is 0 Å². The van der Waals surface area contributed by atoms with Crippen molar-refractivity contribution in [3.63, 3.8) is 0 Å². The summed E-state index contributed by atoms with van der Waals surface area (Å²) in [4.78, 5) is 10.3. The summed E-state index contributed by atoms with van der Waals surface area (Å²) in [5.41, 5.74) is 0. The van der Waals surface area contributed by atoms with E-state index in [2.05, 4.69) is 19.1 Å². The predicted octanol–water partition coefficient (Wildman–Crippen LogP) is 5.35. The van der Waals surface area contributed by atoms with Gasteiger partial charge in [-0.15, -0.1) is 0 Å². The molecule has 4 heteroatoms. The molecule has 0 bridgehead atoms. The summed E-state index contributed by atoms with van der Waals surface area (Å²) in [6.07, 6.45) is 21.2. The van der Waals surface area contributed by atoms with Crippen molar-refractivity contribution in [1.29, 1.82) is 0 Å². The van der Waals surface area contributed by atoms with Crippen LogP contribution in [0.2, 0.25) is 0 Å². The van der Waals surface area contributed by atoms with Gasteiger partial charge in [0.1, 0.15) is 0 Å². The van der Waals surface area contributed by atoms with Gasteiger partial charge in [0.25, 0.3) is 0 Å². The second kappa shape index (κ2) is 24.0. The molecule has 0 aliphatic carbocycles. The fourth-order valence-corrected chi connectivity index (χ4v) is 2.35. The number of carbonyl (C=O) groups is 1. The van der Waals surface area contributed by atoms with Crippen molar-refractivity contribution in [2.24, 2.45) is 0 Å². The molecule has 0 saturated heterocycles. The van der Waals surface area contributed by atoms with Crippen molar-refractivity contribution >= 4 is 52.1 Å². The van der Waals surface area contributed by atoms with E-state index in [0.29, 0.717) is 6.42 Å². The van der Waals surface area contributed by atoms with Gasteiger partial charge in [-0.1, -0.05) is 70.4 Å². The molecule has 0 atom stereocenters. The van der Waals surface area contributed by atoms with Gasteiger partial charge in [-0.05, 0) is 32.1 Å². The Hall–Kier alpha value is 0.729. The number of carboxylic acid groups (broad SMARTS) is 1. The topological polar surface area (TPSA) is 37.3 Å². The molecule has 0 amide bonds. The van der Waals surface area contributed by atoms with Crippen LogP contribution in [0, 0.1) is 0 Å². The molecule has 123 valence electrons. The molecule has 5 radical (unpaired) electrons. The normalized spacial score (nSPS) is 10.2. The number of aliphatic carboxylic acids is 1. The van der Waals surface area contributed by atoms with Crippen molar-refractivity contribution in [3.8, 4) is 0 Å². The van der Waals surface area contributed by atoms with Gasteiger partial charge in [-0.25, -0.2) is 0 Å². The van der Waals surface area contributed by atoms with Gasteiger partial charge in [0.2, 0.25) is 0 Å². The Kier molecular flexibility index (Phi) is 30.1. The number of hydrogen-bond acceptors (Lipinski definition) is 1. The third kappa shape index (κ3) is 25.7. The predicted molar refractivity (Wildman–Crippen MR) is 98.6 cm³/mol. The molecular weight excluding hydrogens is 462 g/mol. The standard InChI is InChI=1S/C18H34O2.Li.Pb/c1-2-3-4-5-6-7-8-9-10-11-12-13-14-15-16-17-18(19)20;;/h9-10H,2-8,11-17H2,1H3,(H,19,20);;. The van der Waals surface area contributed by atoms with Crippen LogP contribution in [0.4, 0.5) is 0 Å². The van der Waals surface area contributed by atoms with Crippen LogP contribution < -0.4 is 0 Å². The maximum absolute atomic E-state index is 10.3. The third-order valence-electron chi connectivity index (χ3n) is 3.65. The second-order valence-corrected chi connectivity index (χ2v) is 5.73. The van der Waals surface area contributed by atoms with Gasteiger partial charge >= 0.3 is 5.97 Å². The van der Waals surface area contributed by atoms with Crippen molar-refractivity contribution in [3.05, 3.63) is 12.2 Å². The molecule has 0 spiro atoms. The first-order valence-electron chi connectivity index (χ1n) is 8.64. The molecule has 22 heavy (non-hydrogen) atoms. The fourth-order valence-electron chi connectivity index (χ4n) is 2.35. The SMILES string of the molecule is CCCCCCCCC=CCCCCCCCC(=O)O.[Li].[Pb]. The molecule has 0 aliphatic rings. The number of carboxylic acids is 1. The Morgan fingerprint density at radius 2 is 1.18 bits per heavy atom. The van der Waals surface area contributed by atoms with Crippen molar-refractivity contribution in [2.75, 3.05) is 0 Å². The Morgan fingerprint density at radius 1 is 0.773 bits per heavy atom. The van der Waals surface area contributed by atoms with Crippen LogP contribution in [-0.4, -0.2) is 57.2 Å². The first kappa shape index (κ1) is 27.6. The number of rotatable bonds is 15. The van der Waals surface area contributed by atoms with E-state index in [0.717, 1.165) is 12.8 Å². The van der Waals surface area contributed by atoms with E-state index in [4.69, 9.17) is 5.11 Å². The number of unbranched alkanes of at least 4 members (excludes halogenated alkanes) is 11. The van der Waals surface area contributed by atoms with E-state index >= 15 is 0 Å². The van der Waals surface area contributed by atoms with Gasteiger partial charge in [0.15, 0.2) is 0 Å². The van der Waals surface area contributed by atoms with E-state index in [1.807, 2.05) is 0 Å². The molecule has 0 unspecified atom stereocenters. The van der Waals surface area contributed by atoms with Crippen LogP contribution in [0.1, 0.15) is 96.8 Å². The fraction of sp³-hybridized carbons (Fsp3) is 0.833. The molecule has 0 saturated carbocycles. The summed E-state index contributed by atoms with van der Waals surface area (Å²) in [6, 6.07) is 0. The van der Waals surface area contributed by atoms with Crippen LogP contribution in [0.15, 0.2) is 12.2 Å². The van der Waals surface area contributed by atoms with Gasteiger partial charge in [0.05, 0.1) is 0 Å². The Bertz CT molecular complexity index is 245. The maximum atomic E-state index is 10.3. The molecule has 0 aromatic rings. The third-order valence-corrected chi connectivity index (χ3v) is 3.65. The smallest absolute Gasteiger partial charge is 0.303 e. The number of hydrogen-bond donors (Lipinski definition) is 1. The van der Waals surface area contributed by atoms with E-state index in [9.17, 15) is 4.79 Å². The molecule has 0 fully saturated rings. The van der Waals surface area contributed by atoms with Crippen molar-refractivity contribution in [2.45, 2.75) is 96.8 Å². The zero-order valence-corrected chi connectivity index (χ0v) is 18.8. The Morgan fingerprint density at radius 3 is 1.64 bits per heavy atom. The average molecular weight is 497 g/mol. The summed E-state index contributed by atoms with van der Waals surface area (Å²) in [5.74, 6) is -0.664. The summed E-state index contributed by atoms with van der Waals surface area (Å²) < 4.78 is 0. The quantitative estimate of drug-likeness (QED) is 0.189. The zero-order chi connectivity index (χ0) is 14.9. The monoisotopic (exact) mass is 497 g/mol. The molecular formula is C18H34LiO2Pb. The van der Waals surface area contributed by atoms with Gasteiger partial charge in [-0.3, -0.25) is 4.79 Å². The largest absolute Gasteiger partial charge is 0.481 e. The van der Waals surface area contributed by atoms with Crippen molar-refractivity contribution < 1.29 is 9.90 Å². The van der Waals surface area contributed by atoms with Gasteiger partial charge in [-0.2, -0.15) is 0 Å². The minimum atomic E-state index is -0.664. The van der Waals surface area contributed by atoms with E-state index in [-0.39, 0.29) is 46.2 Å². The second-order valence-electron chi connectivity index (χ2n) is 5.73. The first-order valence-corrected chi connectivity index (χ1v) is 8.64. The van der Waals surface area contributed by atoms with Crippen LogP contribution in [-0.2, 0) is 4.79 Å². The molecule has 0 rings (SSSR count). The molecule has 0 aromatic heterocycles. The summed E-state index contributed by atoms with van der Waals surface area (Å²) >= 11 is 0. The Balaban J connectivity index is -0.00000180.